The van der Waals surface area contributed by atoms with Crippen LogP contribution < -0.4 is 14.8 Å². The average Bonchev–Trinajstić information content (AvgIpc) is 2.68. The van der Waals surface area contributed by atoms with E-state index in [0.29, 0.717) is 41.0 Å². The molecule has 0 aliphatic heterocycles. The zero-order chi connectivity index (χ0) is 20.8. The molecule has 0 atom stereocenters. The molecular weight excluding hydrogens is 501 g/mol. The van der Waals surface area contributed by atoms with Crippen LogP contribution in [0.3, 0.4) is 0 Å². The van der Waals surface area contributed by atoms with Gasteiger partial charge in [0.2, 0.25) is 0 Å². The van der Waals surface area contributed by atoms with Crippen molar-refractivity contribution in [2.75, 3.05) is 11.9 Å². The van der Waals surface area contributed by atoms with Crippen molar-refractivity contribution in [3.05, 3.63) is 85.9 Å². The Balaban J connectivity index is 1.81. The molecule has 0 fully saturated rings. The number of amides is 1. The van der Waals surface area contributed by atoms with Gasteiger partial charge in [-0.05, 0) is 72.3 Å². The lowest BCUT2D eigenvalue weighted by Crippen LogP contribution is -2.13. The SMILES string of the molecule is CCOc1cc(C(=O)Nc2cccc(Cl)c2)cc(I)c1OCc1ccc(C)cc1. The maximum absolute atomic E-state index is 12.7. The number of carbonyl (C=O) groups is 1. The number of hydrogen-bond acceptors (Lipinski definition) is 3. The first-order valence-electron chi connectivity index (χ1n) is 9.18. The van der Waals surface area contributed by atoms with Crippen LogP contribution in [0.25, 0.3) is 0 Å². The molecule has 4 nitrogen and oxygen atoms in total. The Bertz CT molecular complexity index is 1010. The molecule has 0 saturated heterocycles. The van der Waals surface area contributed by atoms with Crippen LogP contribution in [0, 0.1) is 10.5 Å². The number of ether oxygens (including phenoxy) is 2. The van der Waals surface area contributed by atoms with Gasteiger partial charge in [-0.3, -0.25) is 4.79 Å². The zero-order valence-corrected chi connectivity index (χ0v) is 19.1. The Morgan fingerprint density at radius 1 is 1.07 bits per heavy atom. The molecule has 0 bridgehead atoms. The van der Waals surface area contributed by atoms with Gasteiger partial charge in [-0.15, -0.1) is 0 Å². The third-order valence-corrected chi connectivity index (χ3v) is 5.19. The van der Waals surface area contributed by atoms with Gasteiger partial charge in [-0.2, -0.15) is 0 Å². The molecule has 3 aromatic rings. The van der Waals surface area contributed by atoms with Gasteiger partial charge in [-0.25, -0.2) is 0 Å². The van der Waals surface area contributed by atoms with Crippen LogP contribution in [0.2, 0.25) is 5.02 Å². The second-order valence-electron chi connectivity index (χ2n) is 6.46. The van der Waals surface area contributed by atoms with E-state index in [9.17, 15) is 4.79 Å². The van der Waals surface area contributed by atoms with Gasteiger partial charge < -0.3 is 14.8 Å². The number of aryl methyl sites for hydroxylation is 1. The fourth-order valence-electron chi connectivity index (χ4n) is 2.71. The topological polar surface area (TPSA) is 47.6 Å². The molecule has 1 N–H and O–H groups in total. The van der Waals surface area contributed by atoms with E-state index in [2.05, 4.69) is 40.0 Å². The number of hydrogen-bond donors (Lipinski definition) is 1. The van der Waals surface area contributed by atoms with Crippen LogP contribution in [0.4, 0.5) is 5.69 Å². The summed E-state index contributed by atoms with van der Waals surface area (Å²) < 4.78 is 12.6. The molecule has 0 unspecified atom stereocenters. The van der Waals surface area contributed by atoms with Crippen molar-refractivity contribution in [3.8, 4) is 11.5 Å². The van der Waals surface area contributed by atoms with Crippen LogP contribution in [0.1, 0.15) is 28.4 Å². The van der Waals surface area contributed by atoms with Crippen molar-refractivity contribution < 1.29 is 14.3 Å². The van der Waals surface area contributed by atoms with Gasteiger partial charge in [0.25, 0.3) is 5.91 Å². The molecule has 0 spiro atoms. The largest absolute Gasteiger partial charge is 0.490 e. The lowest BCUT2D eigenvalue weighted by molar-refractivity contribution is 0.102. The van der Waals surface area contributed by atoms with Gasteiger partial charge in [0, 0.05) is 16.3 Å². The van der Waals surface area contributed by atoms with Crippen LogP contribution in [0.5, 0.6) is 11.5 Å². The Morgan fingerprint density at radius 2 is 1.83 bits per heavy atom. The first-order chi connectivity index (χ1) is 14.0. The van der Waals surface area contributed by atoms with Crippen molar-refractivity contribution in [2.45, 2.75) is 20.5 Å². The molecule has 6 heteroatoms. The molecule has 1 amide bonds. The highest BCUT2D eigenvalue weighted by atomic mass is 127. The maximum Gasteiger partial charge on any atom is 0.255 e. The molecule has 150 valence electrons. The fourth-order valence-corrected chi connectivity index (χ4v) is 3.66. The number of halogens is 2. The monoisotopic (exact) mass is 521 g/mol. The van der Waals surface area contributed by atoms with E-state index < -0.39 is 0 Å². The Morgan fingerprint density at radius 3 is 2.52 bits per heavy atom. The first-order valence-corrected chi connectivity index (χ1v) is 10.6. The second kappa shape index (κ2) is 9.98. The number of anilines is 1. The summed E-state index contributed by atoms with van der Waals surface area (Å²) in [7, 11) is 0. The number of carbonyl (C=O) groups excluding carboxylic acids is 1. The van der Waals surface area contributed by atoms with E-state index >= 15 is 0 Å². The van der Waals surface area contributed by atoms with Crippen molar-refractivity contribution in [3.63, 3.8) is 0 Å². The highest BCUT2D eigenvalue weighted by Crippen LogP contribution is 2.35. The maximum atomic E-state index is 12.7. The fraction of sp³-hybridized carbons (Fsp3) is 0.174. The van der Waals surface area contributed by atoms with Crippen LogP contribution >= 0.6 is 34.2 Å². The normalized spacial score (nSPS) is 10.5. The quantitative estimate of drug-likeness (QED) is 0.362. The predicted molar refractivity (Wildman–Crippen MR) is 125 cm³/mol. The van der Waals surface area contributed by atoms with E-state index in [4.69, 9.17) is 21.1 Å². The smallest absolute Gasteiger partial charge is 0.255 e. The standard InChI is InChI=1S/C23H21ClINO3/c1-3-28-21-12-17(23(27)26-19-6-4-5-18(24)13-19)11-20(25)22(21)29-14-16-9-7-15(2)8-10-16/h4-13H,3,14H2,1-2H3,(H,26,27). The minimum atomic E-state index is -0.240. The van der Waals surface area contributed by atoms with Crippen molar-refractivity contribution in [1.29, 1.82) is 0 Å². The third kappa shape index (κ3) is 5.87. The second-order valence-corrected chi connectivity index (χ2v) is 8.06. The molecule has 0 radical (unpaired) electrons. The lowest BCUT2D eigenvalue weighted by atomic mass is 10.1. The van der Waals surface area contributed by atoms with Gasteiger partial charge >= 0.3 is 0 Å². The third-order valence-electron chi connectivity index (χ3n) is 4.16. The molecule has 0 heterocycles. The number of rotatable bonds is 7. The lowest BCUT2D eigenvalue weighted by Gasteiger charge is -2.16. The Labute approximate surface area is 189 Å². The van der Waals surface area contributed by atoms with Gasteiger partial charge in [0.05, 0.1) is 10.2 Å². The summed E-state index contributed by atoms with van der Waals surface area (Å²) in [5.41, 5.74) is 3.39. The molecule has 0 saturated carbocycles. The Kier molecular flexibility index (Phi) is 7.39. The van der Waals surface area contributed by atoms with Crippen molar-refractivity contribution in [1.82, 2.24) is 0 Å². The molecule has 29 heavy (non-hydrogen) atoms. The number of benzene rings is 3. The molecular formula is C23H21ClINO3. The Hall–Kier alpha value is -2.25. The summed E-state index contributed by atoms with van der Waals surface area (Å²) >= 11 is 8.15. The molecule has 3 rings (SSSR count). The first kappa shape index (κ1) is 21.5. The summed E-state index contributed by atoms with van der Waals surface area (Å²) in [6, 6.07) is 18.7. The predicted octanol–water partition coefficient (Wildman–Crippen LogP) is 6.48. The van der Waals surface area contributed by atoms with Gasteiger partial charge in [0.15, 0.2) is 11.5 Å². The minimum absolute atomic E-state index is 0.240. The van der Waals surface area contributed by atoms with E-state index in [0.717, 1.165) is 9.13 Å². The number of nitrogens with one attached hydrogen (secondary N) is 1. The average molecular weight is 522 g/mol. The molecule has 0 aliphatic carbocycles. The van der Waals surface area contributed by atoms with Crippen molar-refractivity contribution in [2.24, 2.45) is 0 Å². The minimum Gasteiger partial charge on any atom is -0.490 e. The highest BCUT2D eigenvalue weighted by Gasteiger charge is 2.16. The summed E-state index contributed by atoms with van der Waals surface area (Å²) in [6.07, 6.45) is 0. The summed E-state index contributed by atoms with van der Waals surface area (Å²) in [5, 5.41) is 3.42. The van der Waals surface area contributed by atoms with Crippen LogP contribution in [-0.4, -0.2) is 12.5 Å². The molecule has 0 aliphatic rings. The van der Waals surface area contributed by atoms with Crippen LogP contribution in [0.15, 0.2) is 60.7 Å². The van der Waals surface area contributed by atoms with Crippen molar-refractivity contribution >= 4 is 45.8 Å². The van der Waals surface area contributed by atoms with Gasteiger partial charge in [-0.1, -0.05) is 47.5 Å². The molecule has 0 aromatic heterocycles. The van der Waals surface area contributed by atoms with Crippen LogP contribution in [-0.2, 0) is 6.61 Å². The van der Waals surface area contributed by atoms with E-state index in [-0.39, 0.29) is 5.91 Å². The zero-order valence-electron chi connectivity index (χ0n) is 16.2. The highest BCUT2D eigenvalue weighted by molar-refractivity contribution is 14.1. The van der Waals surface area contributed by atoms with E-state index in [1.165, 1.54) is 5.56 Å². The molecule has 3 aromatic carbocycles. The van der Waals surface area contributed by atoms with E-state index in [1.807, 2.05) is 26.0 Å². The van der Waals surface area contributed by atoms with E-state index in [1.54, 1.807) is 36.4 Å². The summed E-state index contributed by atoms with van der Waals surface area (Å²) in [4.78, 5) is 12.7. The summed E-state index contributed by atoms with van der Waals surface area (Å²) in [6.45, 7) is 4.84. The summed E-state index contributed by atoms with van der Waals surface area (Å²) in [5.74, 6) is 0.936. The van der Waals surface area contributed by atoms with Gasteiger partial charge in [0.1, 0.15) is 6.61 Å².